The number of benzene rings is 1. The molecule has 6 heteroatoms. The number of nitrogens with one attached hydrogen (secondary N) is 1. The molecule has 0 spiro atoms. The van der Waals surface area contributed by atoms with Crippen LogP contribution in [0, 0.1) is 0 Å². The zero-order chi connectivity index (χ0) is 16.2. The minimum absolute atomic E-state index is 0.103. The minimum Gasteiger partial charge on any atom is -0.341 e. The van der Waals surface area contributed by atoms with E-state index in [4.69, 9.17) is 5.73 Å². The van der Waals surface area contributed by atoms with Crippen LogP contribution < -0.4 is 11.3 Å². The second-order valence-electron chi connectivity index (χ2n) is 6.13. The van der Waals surface area contributed by atoms with E-state index in [2.05, 4.69) is 9.97 Å². The third-order valence-corrected chi connectivity index (χ3v) is 4.28. The molecule has 3 rings (SSSR count). The summed E-state index contributed by atoms with van der Waals surface area (Å²) >= 11 is 0. The molecule has 0 radical (unpaired) electrons. The van der Waals surface area contributed by atoms with Gasteiger partial charge >= 0.3 is 0 Å². The van der Waals surface area contributed by atoms with Crippen LogP contribution in [0.3, 0.4) is 0 Å². The van der Waals surface area contributed by atoms with Crippen molar-refractivity contribution in [1.29, 1.82) is 0 Å². The molecule has 1 amide bonds. The number of nitrogens with two attached hydrogens (primary N) is 1. The number of amides is 1. The second kappa shape index (κ2) is 6.91. The van der Waals surface area contributed by atoms with Crippen molar-refractivity contribution in [3.8, 4) is 0 Å². The van der Waals surface area contributed by atoms with Gasteiger partial charge in [0.15, 0.2) is 0 Å². The van der Waals surface area contributed by atoms with Crippen molar-refractivity contribution in [1.82, 2.24) is 14.9 Å². The number of hydrogen-bond acceptors (Lipinski definition) is 4. The lowest BCUT2D eigenvalue weighted by molar-refractivity contribution is -0.132. The Balaban J connectivity index is 1.58. The monoisotopic (exact) mass is 314 g/mol. The smallest absolute Gasteiger partial charge is 0.258 e. The van der Waals surface area contributed by atoms with Gasteiger partial charge in [0.25, 0.3) is 5.56 Å². The highest BCUT2D eigenvalue weighted by atomic mass is 16.2. The van der Waals surface area contributed by atoms with Gasteiger partial charge < -0.3 is 15.6 Å². The largest absolute Gasteiger partial charge is 0.341 e. The quantitative estimate of drug-likeness (QED) is 0.887. The van der Waals surface area contributed by atoms with Crippen LogP contribution in [0.1, 0.15) is 31.5 Å². The number of aromatic nitrogens is 2. The molecule has 1 fully saturated rings. The number of aromatic amines is 1. The highest BCUT2D eigenvalue weighted by molar-refractivity contribution is 5.77. The summed E-state index contributed by atoms with van der Waals surface area (Å²) in [7, 11) is 0. The fraction of sp³-hybridized carbons (Fsp3) is 0.471. The van der Waals surface area contributed by atoms with Gasteiger partial charge in [0, 0.05) is 32.0 Å². The van der Waals surface area contributed by atoms with Gasteiger partial charge in [-0.15, -0.1) is 0 Å². The van der Waals surface area contributed by atoms with Gasteiger partial charge in [0.1, 0.15) is 5.82 Å². The van der Waals surface area contributed by atoms with Crippen LogP contribution in [0.4, 0.5) is 0 Å². The van der Waals surface area contributed by atoms with Gasteiger partial charge in [-0.05, 0) is 31.4 Å². The molecule has 1 aromatic heterocycles. The zero-order valence-electron chi connectivity index (χ0n) is 13.1. The van der Waals surface area contributed by atoms with Crippen molar-refractivity contribution >= 4 is 16.8 Å². The van der Waals surface area contributed by atoms with E-state index in [1.807, 2.05) is 23.1 Å². The Kier molecular flexibility index (Phi) is 4.71. The maximum absolute atomic E-state index is 12.2. The summed E-state index contributed by atoms with van der Waals surface area (Å²) in [4.78, 5) is 33.3. The maximum atomic E-state index is 12.2. The van der Waals surface area contributed by atoms with Gasteiger partial charge in [-0.25, -0.2) is 4.98 Å². The molecular formula is C17H22N4O2. The highest BCUT2D eigenvalue weighted by Crippen LogP contribution is 2.12. The van der Waals surface area contributed by atoms with E-state index < -0.39 is 0 Å². The van der Waals surface area contributed by atoms with Crippen LogP contribution in [0.5, 0.6) is 0 Å². The number of piperidine rings is 1. The summed E-state index contributed by atoms with van der Waals surface area (Å²) in [6.45, 7) is 1.46. The van der Waals surface area contributed by atoms with Crippen LogP contribution in [0.25, 0.3) is 10.9 Å². The number of aryl methyl sites for hydroxylation is 1. The third-order valence-electron chi connectivity index (χ3n) is 4.28. The Morgan fingerprint density at radius 3 is 3.04 bits per heavy atom. The molecule has 1 aliphatic heterocycles. The summed E-state index contributed by atoms with van der Waals surface area (Å²) in [6.07, 6.45) is 3.69. The molecule has 0 bridgehead atoms. The number of likely N-dealkylation sites (tertiary alicyclic amines) is 1. The number of nitrogens with zero attached hydrogens (tertiary/aromatic N) is 2. The number of fused-ring (bicyclic) bond motifs is 1. The van der Waals surface area contributed by atoms with E-state index in [0.717, 1.165) is 19.4 Å². The Bertz CT molecular complexity index is 756. The van der Waals surface area contributed by atoms with Crippen molar-refractivity contribution in [3.63, 3.8) is 0 Å². The molecule has 3 N–H and O–H groups in total. The van der Waals surface area contributed by atoms with Crippen molar-refractivity contribution < 1.29 is 4.79 Å². The first-order chi connectivity index (χ1) is 11.1. The average Bonchev–Trinajstić information content (AvgIpc) is 2.55. The first kappa shape index (κ1) is 15.7. The molecule has 122 valence electrons. The lowest BCUT2D eigenvalue weighted by Gasteiger charge is -2.30. The maximum Gasteiger partial charge on any atom is 0.258 e. The summed E-state index contributed by atoms with van der Waals surface area (Å²) in [6, 6.07) is 7.37. The molecular weight excluding hydrogens is 292 g/mol. The standard InChI is InChI=1S/C17H22N4O2/c18-12-5-4-10-21(11-12)16(22)9-3-8-15-19-14-7-2-1-6-13(14)17(23)20-15/h1-2,6-7,12H,3-5,8-11,18H2,(H,19,20,23). The minimum atomic E-state index is -0.126. The second-order valence-corrected chi connectivity index (χ2v) is 6.13. The first-order valence-electron chi connectivity index (χ1n) is 8.15. The Hall–Kier alpha value is -2.21. The van der Waals surface area contributed by atoms with Crippen molar-refractivity contribution in [2.75, 3.05) is 13.1 Å². The SMILES string of the molecule is NC1CCCN(C(=O)CCCc2nc3ccccc3c(=O)[nH]2)C1. The molecule has 1 aliphatic rings. The molecule has 0 aliphatic carbocycles. The van der Waals surface area contributed by atoms with Gasteiger partial charge in [0.2, 0.25) is 5.91 Å². The normalized spacial score (nSPS) is 18.3. The van der Waals surface area contributed by atoms with Gasteiger partial charge in [-0.2, -0.15) is 0 Å². The molecule has 2 heterocycles. The predicted molar refractivity (Wildman–Crippen MR) is 89.1 cm³/mol. The van der Waals surface area contributed by atoms with E-state index in [-0.39, 0.29) is 17.5 Å². The predicted octanol–water partition coefficient (Wildman–Crippen LogP) is 1.20. The number of carbonyl (C=O) groups excluding carboxylic acids is 1. The van der Waals surface area contributed by atoms with E-state index in [0.29, 0.717) is 42.5 Å². The van der Waals surface area contributed by atoms with Crippen LogP contribution in [-0.2, 0) is 11.2 Å². The van der Waals surface area contributed by atoms with Crippen LogP contribution in [-0.4, -0.2) is 39.9 Å². The summed E-state index contributed by atoms with van der Waals surface area (Å²) in [5, 5.41) is 0.592. The fourth-order valence-corrected chi connectivity index (χ4v) is 3.05. The molecule has 2 aromatic rings. The van der Waals surface area contributed by atoms with Crippen LogP contribution in [0.15, 0.2) is 29.1 Å². The van der Waals surface area contributed by atoms with Crippen LogP contribution in [0.2, 0.25) is 0 Å². The number of rotatable bonds is 4. The number of hydrogen-bond donors (Lipinski definition) is 2. The Morgan fingerprint density at radius 2 is 2.22 bits per heavy atom. The molecule has 1 atom stereocenters. The summed E-state index contributed by atoms with van der Waals surface area (Å²) < 4.78 is 0. The molecule has 0 saturated carbocycles. The highest BCUT2D eigenvalue weighted by Gasteiger charge is 2.20. The van der Waals surface area contributed by atoms with Crippen molar-refractivity contribution in [2.45, 2.75) is 38.1 Å². The van der Waals surface area contributed by atoms with Crippen molar-refractivity contribution in [2.24, 2.45) is 5.73 Å². The molecule has 6 nitrogen and oxygen atoms in total. The van der Waals surface area contributed by atoms with Gasteiger partial charge in [-0.1, -0.05) is 12.1 Å². The van der Waals surface area contributed by atoms with Gasteiger partial charge in [-0.3, -0.25) is 9.59 Å². The summed E-state index contributed by atoms with van der Waals surface area (Å²) in [5.41, 5.74) is 6.48. The topological polar surface area (TPSA) is 92.1 Å². The van der Waals surface area contributed by atoms with E-state index in [1.54, 1.807) is 6.07 Å². The fourth-order valence-electron chi connectivity index (χ4n) is 3.05. The lowest BCUT2D eigenvalue weighted by atomic mass is 10.1. The molecule has 1 aromatic carbocycles. The van der Waals surface area contributed by atoms with Crippen molar-refractivity contribution in [3.05, 3.63) is 40.4 Å². The Morgan fingerprint density at radius 1 is 1.39 bits per heavy atom. The molecule has 1 unspecified atom stereocenters. The summed E-state index contributed by atoms with van der Waals surface area (Å²) in [5.74, 6) is 0.778. The van der Waals surface area contributed by atoms with E-state index in [1.165, 1.54) is 0 Å². The first-order valence-corrected chi connectivity index (χ1v) is 8.15. The van der Waals surface area contributed by atoms with Gasteiger partial charge in [0.05, 0.1) is 10.9 Å². The van der Waals surface area contributed by atoms with Crippen LogP contribution >= 0.6 is 0 Å². The van der Waals surface area contributed by atoms with E-state index in [9.17, 15) is 9.59 Å². The number of para-hydroxylation sites is 1. The number of H-pyrrole nitrogens is 1. The molecule has 1 saturated heterocycles. The molecule has 23 heavy (non-hydrogen) atoms. The Labute approximate surface area is 134 Å². The zero-order valence-corrected chi connectivity index (χ0v) is 13.1. The average molecular weight is 314 g/mol. The van der Waals surface area contributed by atoms with E-state index >= 15 is 0 Å². The number of carbonyl (C=O) groups is 1. The third kappa shape index (κ3) is 3.76. The lowest BCUT2D eigenvalue weighted by Crippen LogP contribution is -2.45.